The number of amides is 1. The van der Waals surface area contributed by atoms with Gasteiger partial charge in [-0.3, -0.25) is 9.59 Å². The molecule has 0 bridgehead atoms. The Bertz CT molecular complexity index is 796. The fourth-order valence-electron chi connectivity index (χ4n) is 3.25. The van der Waals surface area contributed by atoms with Crippen LogP contribution >= 0.6 is 0 Å². The van der Waals surface area contributed by atoms with Gasteiger partial charge < -0.3 is 10.4 Å². The van der Waals surface area contributed by atoms with E-state index in [1.165, 1.54) is 0 Å². The molecule has 0 aliphatic heterocycles. The lowest BCUT2D eigenvalue weighted by atomic mass is 9.82. The van der Waals surface area contributed by atoms with Crippen LogP contribution in [-0.4, -0.2) is 23.5 Å². The second-order valence-corrected chi connectivity index (χ2v) is 7.14. The standard InChI is InChI=1S/C21H23NO3/c1-15-7-6-10-17(13-15)21(11-12-21)18(23)22-14-20(2,19(24)25)16-8-4-3-5-9-16/h3-10,13H,11-12,14H2,1-2H3,(H,22,23)(H,24,25). The summed E-state index contributed by atoms with van der Waals surface area (Å²) in [5.74, 6) is -1.03. The predicted molar refractivity (Wildman–Crippen MR) is 96.5 cm³/mol. The minimum atomic E-state index is -1.15. The number of benzene rings is 2. The van der Waals surface area contributed by atoms with Gasteiger partial charge in [-0.1, -0.05) is 60.2 Å². The molecule has 2 aromatic carbocycles. The Morgan fingerprint density at radius 1 is 1.12 bits per heavy atom. The minimum absolute atomic E-state index is 0.0682. The van der Waals surface area contributed by atoms with Gasteiger partial charge in [-0.25, -0.2) is 0 Å². The summed E-state index contributed by atoms with van der Waals surface area (Å²) < 4.78 is 0. The Kier molecular flexibility index (Phi) is 4.38. The highest BCUT2D eigenvalue weighted by molar-refractivity contribution is 5.92. The van der Waals surface area contributed by atoms with E-state index in [2.05, 4.69) is 5.32 Å². The molecule has 0 aromatic heterocycles. The highest BCUT2D eigenvalue weighted by atomic mass is 16.4. The minimum Gasteiger partial charge on any atom is -0.481 e. The lowest BCUT2D eigenvalue weighted by molar-refractivity contribution is -0.143. The van der Waals surface area contributed by atoms with E-state index in [-0.39, 0.29) is 12.5 Å². The van der Waals surface area contributed by atoms with E-state index in [0.29, 0.717) is 5.56 Å². The van der Waals surface area contributed by atoms with Crippen LogP contribution in [0.4, 0.5) is 0 Å². The first-order valence-electron chi connectivity index (χ1n) is 8.53. The topological polar surface area (TPSA) is 66.4 Å². The van der Waals surface area contributed by atoms with Crippen molar-refractivity contribution in [3.05, 3.63) is 71.3 Å². The quantitative estimate of drug-likeness (QED) is 0.851. The van der Waals surface area contributed by atoms with E-state index in [0.717, 1.165) is 24.0 Å². The third-order valence-corrected chi connectivity index (χ3v) is 5.24. The second kappa shape index (κ2) is 6.36. The molecule has 1 atom stereocenters. The van der Waals surface area contributed by atoms with Crippen LogP contribution in [0, 0.1) is 6.92 Å². The van der Waals surface area contributed by atoms with Gasteiger partial charge >= 0.3 is 5.97 Å². The lowest BCUT2D eigenvalue weighted by Gasteiger charge is -2.27. The monoisotopic (exact) mass is 337 g/mol. The molecule has 0 heterocycles. The zero-order valence-electron chi connectivity index (χ0n) is 14.6. The summed E-state index contributed by atoms with van der Waals surface area (Å²) in [6.07, 6.45) is 1.61. The molecule has 1 aliphatic rings. The van der Waals surface area contributed by atoms with E-state index in [1.807, 2.05) is 49.4 Å². The van der Waals surface area contributed by atoms with E-state index in [1.54, 1.807) is 19.1 Å². The molecule has 4 heteroatoms. The Morgan fingerprint density at radius 2 is 1.80 bits per heavy atom. The van der Waals surface area contributed by atoms with E-state index in [4.69, 9.17) is 0 Å². The zero-order valence-corrected chi connectivity index (χ0v) is 14.6. The van der Waals surface area contributed by atoms with Crippen molar-refractivity contribution < 1.29 is 14.7 Å². The molecule has 1 saturated carbocycles. The first kappa shape index (κ1) is 17.2. The summed E-state index contributed by atoms with van der Waals surface area (Å²) in [5.41, 5.74) is 1.17. The molecule has 0 radical (unpaired) electrons. The summed E-state index contributed by atoms with van der Waals surface area (Å²) in [6, 6.07) is 17.0. The van der Waals surface area contributed by atoms with Crippen molar-refractivity contribution in [1.29, 1.82) is 0 Å². The van der Waals surface area contributed by atoms with Crippen LogP contribution in [0.3, 0.4) is 0 Å². The highest BCUT2D eigenvalue weighted by Crippen LogP contribution is 2.48. The molecule has 25 heavy (non-hydrogen) atoms. The SMILES string of the molecule is Cc1cccc(C2(C(=O)NCC(C)(C(=O)O)c3ccccc3)CC2)c1. The molecule has 0 saturated heterocycles. The first-order chi connectivity index (χ1) is 11.9. The number of carboxylic acid groups (broad SMARTS) is 1. The fourth-order valence-corrected chi connectivity index (χ4v) is 3.25. The Hall–Kier alpha value is -2.62. The Labute approximate surface area is 147 Å². The normalized spacial score (nSPS) is 17.4. The van der Waals surface area contributed by atoms with Crippen molar-refractivity contribution in [2.75, 3.05) is 6.54 Å². The van der Waals surface area contributed by atoms with E-state index < -0.39 is 16.8 Å². The highest BCUT2D eigenvalue weighted by Gasteiger charge is 2.51. The molecule has 1 amide bonds. The Balaban J connectivity index is 1.78. The van der Waals surface area contributed by atoms with Crippen molar-refractivity contribution in [2.45, 2.75) is 37.5 Å². The van der Waals surface area contributed by atoms with Crippen molar-refractivity contribution in [3.8, 4) is 0 Å². The van der Waals surface area contributed by atoms with Crippen molar-refractivity contribution >= 4 is 11.9 Å². The molecule has 1 unspecified atom stereocenters. The van der Waals surface area contributed by atoms with E-state index >= 15 is 0 Å². The molecular formula is C21H23NO3. The third kappa shape index (κ3) is 3.16. The summed E-state index contributed by atoms with van der Waals surface area (Å²) in [4.78, 5) is 24.7. The van der Waals surface area contributed by atoms with Crippen molar-refractivity contribution in [2.24, 2.45) is 0 Å². The first-order valence-corrected chi connectivity index (χ1v) is 8.53. The van der Waals surface area contributed by atoms with Crippen LogP contribution in [0.2, 0.25) is 0 Å². The van der Waals surface area contributed by atoms with Gasteiger partial charge in [0, 0.05) is 6.54 Å². The largest absolute Gasteiger partial charge is 0.481 e. The molecular weight excluding hydrogens is 314 g/mol. The van der Waals surface area contributed by atoms with Crippen LogP contribution in [0.1, 0.15) is 36.5 Å². The fraction of sp³-hybridized carbons (Fsp3) is 0.333. The maximum Gasteiger partial charge on any atom is 0.315 e. The molecule has 0 spiro atoms. The molecule has 3 rings (SSSR count). The van der Waals surface area contributed by atoms with E-state index in [9.17, 15) is 14.7 Å². The zero-order chi connectivity index (χ0) is 18.1. The van der Waals surface area contributed by atoms with Gasteiger partial charge in [-0.2, -0.15) is 0 Å². The number of carbonyl (C=O) groups is 2. The average molecular weight is 337 g/mol. The number of aliphatic carboxylic acids is 1. The third-order valence-electron chi connectivity index (χ3n) is 5.24. The molecule has 2 N–H and O–H groups in total. The van der Waals surface area contributed by atoms with Crippen molar-refractivity contribution in [1.82, 2.24) is 5.32 Å². The molecule has 130 valence electrons. The predicted octanol–water partition coefficient (Wildman–Crippen LogP) is 3.19. The number of carboxylic acids is 1. The number of aryl methyl sites for hydroxylation is 1. The van der Waals surface area contributed by atoms with Crippen LogP contribution in [-0.2, 0) is 20.4 Å². The van der Waals surface area contributed by atoms with Crippen LogP contribution in [0.15, 0.2) is 54.6 Å². The van der Waals surface area contributed by atoms with Gasteiger partial charge in [0.1, 0.15) is 5.41 Å². The smallest absolute Gasteiger partial charge is 0.315 e. The van der Waals surface area contributed by atoms with Gasteiger partial charge in [-0.05, 0) is 37.8 Å². The van der Waals surface area contributed by atoms with Gasteiger partial charge in [0.15, 0.2) is 0 Å². The maximum absolute atomic E-state index is 12.8. The summed E-state index contributed by atoms with van der Waals surface area (Å²) in [6.45, 7) is 3.73. The maximum atomic E-state index is 12.8. The average Bonchev–Trinajstić information content (AvgIpc) is 3.42. The number of carbonyl (C=O) groups excluding carboxylic acids is 1. The van der Waals surface area contributed by atoms with Crippen molar-refractivity contribution in [3.63, 3.8) is 0 Å². The van der Waals surface area contributed by atoms with Gasteiger partial charge in [0.05, 0.1) is 5.41 Å². The second-order valence-electron chi connectivity index (χ2n) is 7.14. The van der Waals surface area contributed by atoms with Gasteiger partial charge in [0.2, 0.25) is 5.91 Å². The number of hydrogen-bond donors (Lipinski definition) is 2. The van der Waals surface area contributed by atoms with Gasteiger partial charge in [0.25, 0.3) is 0 Å². The van der Waals surface area contributed by atoms with Gasteiger partial charge in [-0.15, -0.1) is 0 Å². The Morgan fingerprint density at radius 3 is 2.36 bits per heavy atom. The van der Waals surface area contributed by atoms with Crippen LogP contribution < -0.4 is 5.32 Å². The molecule has 1 fully saturated rings. The van der Waals surface area contributed by atoms with Crippen LogP contribution in [0.25, 0.3) is 0 Å². The summed E-state index contributed by atoms with van der Waals surface area (Å²) in [5, 5.41) is 12.6. The summed E-state index contributed by atoms with van der Waals surface area (Å²) >= 11 is 0. The summed E-state index contributed by atoms with van der Waals surface area (Å²) in [7, 11) is 0. The number of rotatable bonds is 6. The lowest BCUT2D eigenvalue weighted by Crippen LogP contribution is -2.47. The number of hydrogen-bond acceptors (Lipinski definition) is 2. The molecule has 1 aliphatic carbocycles. The molecule has 4 nitrogen and oxygen atoms in total. The van der Waals surface area contributed by atoms with Crippen LogP contribution in [0.5, 0.6) is 0 Å². The molecule has 2 aromatic rings. The number of nitrogens with one attached hydrogen (secondary N) is 1.